The van der Waals surface area contributed by atoms with Gasteiger partial charge in [0.2, 0.25) is 5.91 Å². The normalized spacial score (nSPS) is 17.3. The molecule has 2 aromatic rings. The molecule has 1 atom stereocenters. The van der Waals surface area contributed by atoms with E-state index in [0.717, 1.165) is 18.4 Å². The first kappa shape index (κ1) is 18.9. The summed E-state index contributed by atoms with van der Waals surface area (Å²) in [7, 11) is 1.79. The van der Waals surface area contributed by atoms with Crippen molar-refractivity contribution in [3.05, 3.63) is 42.0 Å². The van der Waals surface area contributed by atoms with E-state index in [1.165, 1.54) is 0 Å². The van der Waals surface area contributed by atoms with Gasteiger partial charge >= 0.3 is 0 Å². The van der Waals surface area contributed by atoms with E-state index in [9.17, 15) is 9.59 Å². The Morgan fingerprint density at radius 1 is 1.30 bits per heavy atom. The Morgan fingerprint density at radius 2 is 2.11 bits per heavy atom. The van der Waals surface area contributed by atoms with Crippen molar-refractivity contribution in [2.45, 2.75) is 39.2 Å². The van der Waals surface area contributed by atoms with E-state index in [1.807, 2.05) is 12.1 Å². The number of aryl methyl sites for hydroxylation is 1. The zero-order valence-electron chi connectivity index (χ0n) is 16.1. The maximum atomic E-state index is 13.2. The van der Waals surface area contributed by atoms with E-state index in [-0.39, 0.29) is 11.8 Å². The van der Waals surface area contributed by atoms with Crippen molar-refractivity contribution in [3.8, 4) is 11.4 Å². The average molecular weight is 367 g/mol. The molecule has 3 heterocycles. The Labute approximate surface area is 159 Å². The highest BCUT2D eigenvalue weighted by atomic mass is 16.2. The highest BCUT2D eigenvalue weighted by Gasteiger charge is 2.36. The Hall–Kier alpha value is -2.83. The van der Waals surface area contributed by atoms with Crippen LogP contribution in [0.4, 0.5) is 0 Å². The maximum Gasteiger partial charge on any atom is 0.258 e. The van der Waals surface area contributed by atoms with Crippen LogP contribution in [-0.2, 0) is 4.79 Å². The van der Waals surface area contributed by atoms with Gasteiger partial charge in [0.05, 0.1) is 11.3 Å². The molecule has 1 saturated heterocycles. The van der Waals surface area contributed by atoms with Crippen molar-refractivity contribution < 1.29 is 9.59 Å². The van der Waals surface area contributed by atoms with E-state index in [0.29, 0.717) is 36.6 Å². The van der Waals surface area contributed by atoms with Crippen LogP contribution in [0.15, 0.2) is 30.7 Å². The number of carbonyl (C=O) groups excluding carboxylic acids is 2. The fraction of sp³-hybridized carbons (Fsp3) is 0.450. The lowest BCUT2D eigenvalue weighted by Crippen LogP contribution is -2.57. The number of hydrogen-bond acceptors (Lipinski definition) is 5. The second kappa shape index (κ2) is 8.24. The van der Waals surface area contributed by atoms with Crippen molar-refractivity contribution >= 4 is 11.8 Å². The van der Waals surface area contributed by atoms with Gasteiger partial charge in [-0.1, -0.05) is 19.8 Å². The second-order valence-corrected chi connectivity index (χ2v) is 6.85. The molecule has 27 heavy (non-hydrogen) atoms. The third-order valence-corrected chi connectivity index (χ3v) is 4.94. The van der Waals surface area contributed by atoms with Gasteiger partial charge in [-0.25, -0.2) is 9.97 Å². The molecule has 0 radical (unpaired) electrons. The van der Waals surface area contributed by atoms with Crippen molar-refractivity contribution in [2.75, 3.05) is 20.1 Å². The summed E-state index contributed by atoms with van der Waals surface area (Å²) >= 11 is 0. The molecule has 7 nitrogen and oxygen atoms in total. The molecular weight excluding hydrogens is 342 g/mol. The molecule has 0 spiro atoms. The Morgan fingerprint density at radius 3 is 2.78 bits per heavy atom. The highest BCUT2D eigenvalue weighted by Crippen LogP contribution is 2.21. The van der Waals surface area contributed by atoms with Crippen LogP contribution in [0.5, 0.6) is 0 Å². The number of rotatable bonds is 5. The number of carbonyl (C=O) groups is 2. The minimum absolute atomic E-state index is 0.00796. The molecule has 3 rings (SSSR count). The molecular formula is C20H25N5O2. The van der Waals surface area contributed by atoms with E-state index in [4.69, 9.17) is 0 Å². The van der Waals surface area contributed by atoms with Gasteiger partial charge in [0.15, 0.2) is 5.82 Å². The van der Waals surface area contributed by atoms with Gasteiger partial charge < -0.3 is 9.80 Å². The van der Waals surface area contributed by atoms with E-state index in [2.05, 4.69) is 21.9 Å². The number of amides is 2. The largest absolute Gasteiger partial charge is 0.342 e. The molecule has 2 aromatic heterocycles. The van der Waals surface area contributed by atoms with Crippen molar-refractivity contribution in [1.29, 1.82) is 0 Å². The number of hydrogen-bond donors (Lipinski definition) is 0. The van der Waals surface area contributed by atoms with Gasteiger partial charge in [-0.2, -0.15) is 0 Å². The summed E-state index contributed by atoms with van der Waals surface area (Å²) in [6.45, 7) is 4.95. The first-order valence-electron chi connectivity index (χ1n) is 9.33. The minimum atomic E-state index is -0.409. The van der Waals surface area contributed by atoms with Gasteiger partial charge in [0.25, 0.3) is 5.91 Å². The molecule has 0 N–H and O–H groups in total. The standard InChI is InChI=1S/C20H25N5O2/c1-4-5-8-17-20(27)24(3)10-11-25(17)19(26)16-13-22-18(23-14(16)2)15-7-6-9-21-12-15/h6-7,9,12-13,17H,4-5,8,10-11H2,1-3H3. The summed E-state index contributed by atoms with van der Waals surface area (Å²) in [5.74, 6) is 0.371. The van der Waals surface area contributed by atoms with E-state index in [1.54, 1.807) is 42.4 Å². The number of aromatic nitrogens is 3. The Kier molecular flexibility index (Phi) is 5.78. The monoisotopic (exact) mass is 367 g/mol. The van der Waals surface area contributed by atoms with Crippen LogP contribution in [0.3, 0.4) is 0 Å². The number of likely N-dealkylation sites (N-methyl/N-ethyl adjacent to an activating group) is 1. The third kappa shape index (κ3) is 3.97. The number of pyridine rings is 1. The van der Waals surface area contributed by atoms with Gasteiger partial charge in [-0.15, -0.1) is 0 Å². The van der Waals surface area contributed by atoms with E-state index < -0.39 is 6.04 Å². The quantitative estimate of drug-likeness (QED) is 0.810. The molecule has 0 aliphatic carbocycles. The van der Waals surface area contributed by atoms with E-state index >= 15 is 0 Å². The molecule has 7 heteroatoms. The molecule has 1 unspecified atom stereocenters. The summed E-state index contributed by atoms with van der Waals surface area (Å²) in [6, 6.07) is 3.29. The minimum Gasteiger partial charge on any atom is -0.342 e. The Balaban J connectivity index is 1.86. The third-order valence-electron chi connectivity index (χ3n) is 4.94. The average Bonchev–Trinajstić information content (AvgIpc) is 2.69. The molecule has 142 valence electrons. The van der Waals surface area contributed by atoms with Gasteiger partial charge in [-0.3, -0.25) is 14.6 Å². The fourth-order valence-corrected chi connectivity index (χ4v) is 3.30. The van der Waals surface area contributed by atoms with Crippen LogP contribution in [0.1, 0.15) is 42.2 Å². The lowest BCUT2D eigenvalue weighted by atomic mass is 10.0. The summed E-state index contributed by atoms with van der Waals surface area (Å²) in [5, 5.41) is 0. The zero-order chi connectivity index (χ0) is 19.4. The Bertz CT molecular complexity index is 824. The molecule has 0 saturated carbocycles. The zero-order valence-corrected chi connectivity index (χ0v) is 16.1. The van der Waals surface area contributed by atoms with Gasteiger partial charge in [0, 0.05) is 44.3 Å². The number of piperazine rings is 1. The van der Waals surface area contributed by atoms with Gasteiger partial charge in [-0.05, 0) is 25.5 Å². The lowest BCUT2D eigenvalue weighted by Gasteiger charge is -2.39. The molecule has 1 aliphatic rings. The number of nitrogens with zero attached hydrogens (tertiary/aromatic N) is 5. The molecule has 1 fully saturated rings. The second-order valence-electron chi connectivity index (χ2n) is 6.85. The number of unbranched alkanes of at least 4 members (excludes halogenated alkanes) is 1. The van der Waals surface area contributed by atoms with Crippen molar-refractivity contribution in [3.63, 3.8) is 0 Å². The van der Waals surface area contributed by atoms with Crippen LogP contribution in [0, 0.1) is 6.92 Å². The van der Waals surface area contributed by atoms with Crippen molar-refractivity contribution in [2.24, 2.45) is 0 Å². The van der Waals surface area contributed by atoms with Crippen LogP contribution in [0.25, 0.3) is 11.4 Å². The summed E-state index contributed by atoms with van der Waals surface area (Å²) in [6.07, 6.45) is 7.51. The lowest BCUT2D eigenvalue weighted by molar-refractivity contribution is -0.138. The summed E-state index contributed by atoms with van der Waals surface area (Å²) in [4.78, 5) is 42.1. The van der Waals surface area contributed by atoms with Crippen LogP contribution in [-0.4, -0.2) is 62.7 Å². The molecule has 0 bridgehead atoms. The first-order chi connectivity index (χ1) is 13.0. The summed E-state index contributed by atoms with van der Waals surface area (Å²) in [5.41, 5.74) is 1.85. The predicted molar refractivity (Wildman–Crippen MR) is 102 cm³/mol. The van der Waals surface area contributed by atoms with Gasteiger partial charge in [0.1, 0.15) is 6.04 Å². The van der Waals surface area contributed by atoms with Crippen LogP contribution >= 0.6 is 0 Å². The molecule has 1 aliphatic heterocycles. The maximum absolute atomic E-state index is 13.2. The molecule has 0 aromatic carbocycles. The van der Waals surface area contributed by atoms with Crippen molar-refractivity contribution in [1.82, 2.24) is 24.8 Å². The topological polar surface area (TPSA) is 79.3 Å². The predicted octanol–water partition coefficient (Wildman–Crippen LogP) is 2.32. The SMILES string of the molecule is CCCCC1C(=O)N(C)CCN1C(=O)c1cnc(-c2cccnc2)nc1C. The highest BCUT2D eigenvalue weighted by molar-refractivity contribution is 5.98. The fourth-order valence-electron chi connectivity index (χ4n) is 3.30. The first-order valence-corrected chi connectivity index (χ1v) is 9.33. The molecule has 2 amide bonds. The van der Waals surface area contributed by atoms with Crippen LogP contribution in [0.2, 0.25) is 0 Å². The summed E-state index contributed by atoms with van der Waals surface area (Å²) < 4.78 is 0. The van der Waals surface area contributed by atoms with Crippen LogP contribution < -0.4 is 0 Å². The smallest absolute Gasteiger partial charge is 0.258 e.